The Morgan fingerprint density at radius 2 is 0.846 bits per heavy atom. The van der Waals surface area contributed by atoms with Gasteiger partial charge in [-0.15, -0.1) is 0 Å². The minimum absolute atomic E-state index is 0.0810. The number of nitrogens with one attached hydrogen (secondary N) is 1. The average Bonchev–Trinajstić information content (AvgIpc) is 3.15. The fraction of sp³-hybridized carbons (Fsp3) is 0.646. The Morgan fingerprint density at radius 1 is 0.481 bits per heavy atom. The molecule has 0 aliphatic rings. The van der Waals surface area contributed by atoms with Crippen molar-refractivity contribution in [3.63, 3.8) is 0 Å². The molecule has 0 radical (unpaired) electrons. The molecular weight excluding hydrogens is 639 g/mol. The Bertz CT molecular complexity index is 999. The first-order valence-corrected chi connectivity index (χ1v) is 21.5. The van der Waals surface area contributed by atoms with Gasteiger partial charge in [-0.05, 0) is 70.6 Å². The van der Waals surface area contributed by atoms with Gasteiger partial charge in [0.25, 0.3) is 0 Å². The Balaban J connectivity index is 3.45. The van der Waals surface area contributed by atoms with Crippen LogP contribution in [-0.4, -0.2) is 34.9 Å². The zero-order valence-electron chi connectivity index (χ0n) is 33.8. The molecule has 0 rings (SSSR count). The van der Waals surface area contributed by atoms with E-state index in [1.807, 2.05) is 6.08 Å². The molecule has 0 heterocycles. The second-order valence-electron chi connectivity index (χ2n) is 14.0. The first-order chi connectivity index (χ1) is 25.7. The Labute approximate surface area is 322 Å². The van der Waals surface area contributed by atoms with E-state index in [-0.39, 0.29) is 12.5 Å². The fourth-order valence-corrected chi connectivity index (χ4v) is 5.81. The van der Waals surface area contributed by atoms with Crippen LogP contribution in [0.25, 0.3) is 0 Å². The van der Waals surface area contributed by atoms with E-state index in [1.54, 1.807) is 6.08 Å². The maximum atomic E-state index is 12.2. The van der Waals surface area contributed by atoms with Crippen molar-refractivity contribution in [2.75, 3.05) is 6.61 Å². The summed E-state index contributed by atoms with van der Waals surface area (Å²) in [6, 6.07) is -0.621. The van der Waals surface area contributed by atoms with Gasteiger partial charge in [-0.1, -0.05) is 201 Å². The highest BCUT2D eigenvalue weighted by atomic mass is 16.3. The molecule has 0 bridgehead atoms. The topological polar surface area (TPSA) is 69.6 Å². The summed E-state index contributed by atoms with van der Waals surface area (Å²) < 4.78 is 0. The third-order valence-corrected chi connectivity index (χ3v) is 9.05. The van der Waals surface area contributed by atoms with Gasteiger partial charge in [-0.2, -0.15) is 0 Å². The predicted molar refractivity (Wildman–Crippen MR) is 230 cm³/mol. The van der Waals surface area contributed by atoms with Crippen LogP contribution in [0.1, 0.15) is 181 Å². The quantitative estimate of drug-likeness (QED) is 0.0442. The van der Waals surface area contributed by atoms with Crippen molar-refractivity contribution in [1.82, 2.24) is 5.32 Å². The average molecular weight is 720 g/mol. The molecule has 1 amide bonds. The Kier molecular flexibility index (Phi) is 40.5. The Hall–Kier alpha value is -2.69. The fourth-order valence-electron chi connectivity index (χ4n) is 5.81. The molecule has 0 saturated heterocycles. The summed E-state index contributed by atoms with van der Waals surface area (Å²) in [5.74, 6) is -0.0810. The van der Waals surface area contributed by atoms with Gasteiger partial charge in [-0.3, -0.25) is 4.79 Å². The molecule has 52 heavy (non-hydrogen) atoms. The number of hydrogen-bond acceptors (Lipinski definition) is 3. The van der Waals surface area contributed by atoms with Crippen molar-refractivity contribution < 1.29 is 15.0 Å². The minimum atomic E-state index is -0.838. The van der Waals surface area contributed by atoms with Crippen molar-refractivity contribution in [1.29, 1.82) is 0 Å². The molecule has 3 N–H and O–H groups in total. The second-order valence-corrected chi connectivity index (χ2v) is 14.0. The number of carbonyl (C=O) groups excluding carboxylic acids is 1. The molecule has 0 aromatic rings. The van der Waals surface area contributed by atoms with Crippen molar-refractivity contribution in [2.24, 2.45) is 0 Å². The van der Waals surface area contributed by atoms with Crippen LogP contribution in [0.15, 0.2) is 97.2 Å². The van der Waals surface area contributed by atoms with Gasteiger partial charge in [-0.25, -0.2) is 0 Å². The molecule has 0 saturated carbocycles. The SMILES string of the molecule is CC/C=C\C/C=C\C/C=C\C/C=C\C/C=C\C/C=C\C/C=C\CCCCCCCCCCCCCCCCCC(=O)NC(CO)C(O)/C=C/CCC. The van der Waals surface area contributed by atoms with E-state index in [4.69, 9.17) is 0 Å². The van der Waals surface area contributed by atoms with Gasteiger partial charge in [0.1, 0.15) is 0 Å². The summed E-state index contributed by atoms with van der Waals surface area (Å²) in [5, 5.41) is 22.4. The van der Waals surface area contributed by atoms with E-state index in [9.17, 15) is 15.0 Å². The number of allylic oxidation sites excluding steroid dienone is 15. The molecule has 296 valence electrons. The van der Waals surface area contributed by atoms with Crippen LogP contribution in [0, 0.1) is 0 Å². The molecular formula is C48H81NO3. The van der Waals surface area contributed by atoms with Gasteiger partial charge in [0.05, 0.1) is 18.8 Å². The van der Waals surface area contributed by atoms with E-state index in [0.717, 1.165) is 70.6 Å². The van der Waals surface area contributed by atoms with Gasteiger partial charge < -0.3 is 15.5 Å². The zero-order chi connectivity index (χ0) is 37.8. The maximum Gasteiger partial charge on any atom is 0.220 e. The number of carbonyl (C=O) groups is 1. The third kappa shape index (κ3) is 38.5. The highest BCUT2D eigenvalue weighted by molar-refractivity contribution is 5.76. The van der Waals surface area contributed by atoms with E-state index in [1.165, 1.54) is 89.9 Å². The number of unbranched alkanes of at least 4 members (excludes halogenated alkanes) is 16. The number of hydrogen-bond donors (Lipinski definition) is 3. The molecule has 0 aromatic heterocycles. The van der Waals surface area contributed by atoms with Crippen LogP contribution in [0.5, 0.6) is 0 Å². The standard InChI is InChI=1S/C48H81NO3/c1-3-5-7-8-9-10-11-12-13-14-15-16-17-18-19-20-21-22-23-24-25-26-27-28-29-30-31-32-33-34-35-36-37-38-39-40-42-44-48(52)49-46(45-50)47(51)43-41-6-4-2/h5,7,9-10,12-13,15-16,18-19,21-22,24-25,41,43,46-47,50-51H,3-4,6,8,11,14,17,20,23,26-40,42,44-45H2,1-2H3,(H,49,52)/b7-5-,10-9-,13-12-,16-15-,19-18-,22-21-,25-24-,43-41+. The molecule has 2 atom stereocenters. The molecule has 0 aliphatic heterocycles. The monoisotopic (exact) mass is 720 g/mol. The van der Waals surface area contributed by atoms with Crippen LogP contribution in [0.2, 0.25) is 0 Å². The van der Waals surface area contributed by atoms with Crippen LogP contribution < -0.4 is 5.32 Å². The van der Waals surface area contributed by atoms with Crippen molar-refractivity contribution in [3.05, 3.63) is 97.2 Å². The summed E-state index contributed by atoms with van der Waals surface area (Å²) in [4.78, 5) is 12.2. The van der Waals surface area contributed by atoms with E-state index in [0.29, 0.717) is 6.42 Å². The molecule has 0 spiro atoms. The zero-order valence-corrected chi connectivity index (χ0v) is 33.8. The number of amides is 1. The maximum absolute atomic E-state index is 12.2. The van der Waals surface area contributed by atoms with Crippen LogP contribution >= 0.6 is 0 Å². The summed E-state index contributed by atoms with van der Waals surface area (Å²) in [6.45, 7) is 3.98. The lowest BCUT2D eigenvalue weighted by atomic mass is 10.0. The summed E-state index contributed by atoms with van der Waals surface area (Å²) >= 11 is 0. The van der Waals surface area contributed by atoms with Crippen LogP contribution in [-0.2, 0) is 4.79 Å². The molecule has 4 heteroatoms. The first kappa shape index (κ1) is 49.3. The lowest BCUT2D eigenvalue weighted by Crippen LogP contribution is -2.45. The van der Waals surface area contributed by atoms with E-state index in [2.05, 4.69) is 104 Å². The van der Waals surface area contributed by atoms with Crippen molar-refractivity contribution >= 4 is 5.91 Å². The molecule has 0 aromatic carbocycles. The summed E-state index contributed by atoms with van der Waals surface area (Å²) in [5.41, 5.74) is 0. The summed E-state index contributed by atoms with van der Waals surface area (Å²) in [6.07, 6.45) is 64.5. The predicted octanol–water partition coefficient (Wildman–Crippen LogP) is 13.5. The highest BCUT2D eigenvalue weighted by Gasteiger charge is 2.17. The molecule has 0 fully saturated rings. The molecule has 0 aliphatic carbocycles. The number of aliphatic hydroxyl groups is 2. The van der Waals surface area contributed by atoms with Crippen molar-refractivity contribution in [3.8, 4) is 0 Å². The summed E-state index contributed by atoms with van der Waals surface area (Å²) in [7, 11) is 0. The van der Waals surface area contributed by atoms with Gasteiger partial charge in [0, 0.05) is 6.42 Å². The largest absolute Gasteiger partial charge is 0.394 e. The second kappa shape index (κ2) is 42.7. The molecule has 4 nitrogen and oxygen atoms in total. The third-order valence-electron chi connectivity index (χ3n) is 9.05. The van der Waals surface area contributed by atoms with Gasteiger partial charge >= 0.3 is 0 Å². The number of aliphatic hydroxyl groups excluding tert-OH is 2. The normalized spacial score (nSPS) is 14.0. The lowest BCUT2D eigenvalue weighted by molar-refractivity contribution is -0.123. The van der Waals surface area contributed by atoms with Crippen LogP contribution in [0.3, 0.4) is 0 Å². The van der Waals surface area contributed by atoms with E-state index >= 15 is 0 Å². The van der Waals surface area contributed by atoms with Gasteiger partial charge in [0.15, 0.2) is 0 Å². The van der Waals surface area contributed by atoms with Gasteiger partial charge in [0.2, 0.25) is 5.91 Å². The lowest BCUT2D eigenvalue weighted by Gasteiger charge is -2.19. The smallest absolute Gasteiger partial charge is 0.220 e. The number of rotatable bonds is 37. The Morgan fingerprint density at radius 3 is 1.23 bits per heavy atom. The van der Waals surface area contributed by atoms with Crippen molar-refractivity contribution in [2.45, 2.75) is 193 Å². The minimum Gasteiger partial charge on any atom is -0.394 e. The van der Waals surface area contributed by atoms with E-state index < -0.39 is 12.1 Å². The highest BCUT2D eigenvalue weighted by Crippen LogP contribution is 2.14. The molecule has 2 unspecified atom stereocenters. The first-order valence-electron chi connectivity index (χ1n) is 21.5. The van der Waals surface area contributed by atoms with Crippen LogP contribution in [0.4, 0.5) is 0 Å².